The van der Waals surface area contributed by atoms with Gasteiger partial charge in [0.1, 0.15) is 17.5 Å². The van der Waals surface area contributed by atoms with E-state index in [1.165, 1.54) is 11.1 Å². The molecule has 0 radical (unpaired) electrons. The number of aromatic amines is 1. The summed E-state index contributed by atoms with van der Waals surface area (Å²) in [6.07, 6.45) is 0.769. The lowest BCUT2D eigenvalue weighted by atomic mass is 9.91. The Morgan fingerprint density at radius 1 is 0.970 bits per heavy atom. The molecule has 1 atom stereocenters. The lowest BCUT2D eigenvalue weighted by Crippen LogP contribution is -2.40. The predicted octanol–water partition coefficient (Wildman–Crippen LogP) is 5.59. The Hall–Kier alpha value is -3.73. The molecule has 33 heavy (non-hydrogen) atoms. The largest absolute Gasteiger partial charge is 0.497 e. The van der Waals surface area contributed by atoms with Crippen molar-refractivity contribution in [3.05, 3.63) is 94.2 Å². The SMILES string of the molecule is COc1ccc2[nH]c3c(c2c1)CCN(C(=O)c1ccc(C)c(C)c1)[C@@H]3c1ccccc1OC. The number of hydrogen-bond acceptors (Lipinski definition) is 3. The molecule has 0 unspecified atom stereocenters. The monoisotopic (exact) mass is 440 g/mol. The van der Waals surface area contributed by atoms with Crippen LogP contribution in [0.15, 0.2) is 60.7 Å². The van der Waals surface area contributed by atoms with Gasteiger partial charge in [0, 0.05) is 34.3 Å². The highest BCUT2D eigenvalue weighted by Crippen LogP contribution is 2.42. The summed E-state index contributed by atoms with van der Waals surface area (Å²) in [5, 5.41) is 1.14. The first kappa shape index (κ1) is 21.1. The topological polar surface area (TPSA) is 54.6 Å². The molecule has 0 bridgehead atoms. The van der Waals surface area contributed by atoms with Crippen molar-refractivity contribution in [1.82, 2.24) is 9.88 Å². The van der Waals surface area contributed by atoms with Crippen molar-refractivity contribution in [1.29, 1.82) is 0 Å². The van der Waals surface area contributed by atoms with E-state index < -0.39 is 0 Å². The molecule has 3 aromatic carbocycles. The van der Waals surface area contributed by atoms with Crippen LogP contribution in [0.5, 0.6) is 11.5 Å². The highest BCUT2D eigenvalue weighted by atomic mass is 16.5. The lowest BCUT2D eigenvalue weighted by molar-refractivity contribution is 0.0690. The van der Waals surface area contributed by atoms with Gasteiger partial charge in [-0.1, -0.05) is 24.3 Å². The number of methoxy groups -OCH3 is 2. The number of para-hydroxylation sites is 1. The third-order valence-corrected chi connectivity index (χ3v) is 6.78. The molecule has 5 heteroatoms. The van der Waals surface area contributed by atoms with E-state index in [4.69, 9.17) is 9.47 Å². The summed E-state index contributed by atoms with van der Waals surface area (Å²) in [5.41, 5.74) is 7.27. The first-order valence-electron chi connectivity index (χ1n) is 11.2. The van der Waals surface area contributed by atoms with Crippen molar-refractivity contribution >= 4 is 16.8 Å². The van der Waals surface area contributed by atoms with Crippen molar-refractivity contribution in [3.63, 3.8) is 0 Å². The van der Waals surface area contributed by atoms with E-state index >= 15 is 0 Å². The molecule has 4 aromatic rings. The molecule has 0 aliphatic carbocycles. The van der Waals surface area contributed by atoms with Crippen molar-refractivity contribution in [2.45, 2.75) is 26.3 Å². The predicted molar refractivity (Wildman–Crippen MR) is 130 cm³/mol. The smallest absolute Gasteiger partial charge is 0.254 e. The van der Waals surface area contributed by atoms with Crippen LogP contribution >= 0.6 is 0 Å². The second-order valence-corrected chi connectivity index (χ2v) is 8.62. The van der Waals surface area contributed by atoms with Crippen molar-refractivity contribution in [2.75, 3.05) is 20.8 Å². The van der Waals surface area contributed by atoms with Crippen LogP contribution in [0, 0.1) is 13.8 Å². The molecule has 1 N–H and O–H groups in total. The number of H-pyrrole nitrogens is 1. The molecule has 2 heterocycles. The minimum Gasteiger partial charge on any atom is -0.497 e. The molecule has 0 fully saturated rings. The standard InChI is InChI=1S/C28H28N2O3/c1-17-9-10-19(15-18(17)2)28(31)30-14-13-21-23-16-20(32-3)11-12-24(23)29-26(21)27(30)22-7-5-6-8-25(22)33-4/h5-12,15-16,27,29H,13-14H2,1-4H3/t27-/m1/s1. The third kappa shape index (κ3) is 3.54. The van der Waals surface area contributed by atoms with Crippen LogP contribution in [0.4, 0.5) is 0 Å². The molecule has 1 amide bonds. The maximum Gasteiger partial charge on any atom is 0.254 e. The average molecular weight is 441 g/mol. The zero-order valence-corrected chi connectivity index (χ0v) is 19.4. The Labute approximate surface area is 193 Å². The van der Waals surface area contributed by atoms with E-state index in [1.54, 1.807) is 14.2 Å². The number of aromatic nitrogens is 1. The van der Waals surface area contributed by atoms with Crippen LogP contribution in [0.1, 0.15) is 44.3 Å². The molecule has 1 aliphatic rings. The molecule has 0 saturated heterocycles. The van der Waals surface area contributed by atoms with Gasteiger partial charge in [-0.2, -0.15) is 0 Å². The number of carbonyl (C=O) groups excluding carboxylic acids is 1. The number of fused-ring (bicyclic) bond motifs is 3. The number of aryl methyl sites for hydroxylation is 2. The van der Waals surface area contributed by atoms with Crippen LogP contribution in [-0.4, -0.2) is 36.6 Å². The average Bonchev–Trinajstić information content (AvgIpc) is 3.22. The second kappa shape index (κ2) is 8.32. The Balaban J connectivity index is 1.69. The van der Waals surface area contributed by atoms with Crippen LogP contribution in [0.2, 0.25) is 0 Å². The first-order chi connectivity index (χ1) is 16.0. The van der Waals surface area contributed by atoms with Gasteiger partial charge in [0.25, 0.3) is 5.91 Å². The molecule has 1 aromatic heterocycles. The molecular weight excluding hydrogens is 412 g/mol. The maximum atomic E-state index is 13.8. The number of nitrogens with zero attached hydrogens (tertiary/aromatic N) is 1. The van der Waals surface area contributed by atoms with Crippen molar-refractivity contribution < 1.29 is 14.3 Å². The fourth-order valence-electron chi connectivity index (χ4n) is 4.87. The summed E-state index contributed by atoms with van der Waals surface area (Å²) in [6.45, 7) is 4.72. The molecule has 1 aliphatic heterocycles. The van der Waals surface area contributed by atoms with E-state index in [-0.39, 0.29) is 11.9 Å². The number of rotatable bonds is 4. The van der Waals surface area contributed by atoms with Gasteiger partial charge in [-0.3, -0.25) is 4.79 Å². The third-order valence-electron chi connectivity index (χ3n) is 6.78. The molecule has 0 spiro atoms. The summed E-state index contributed by atoms with van der Waals surface area (Å²) in [5.74, 6) is 1.62. The number of nitrogens with one attached hydrogen (secondary N) is 1. The quantitative estimate of drug-likeness (QED) is 0.450. The van der Waals surface area contributed by atoms with Crippen molar-refractivity contribution in [2.24, 2.45) is 0 Å². The zero-order valence-electron chi connectivity index (χ0n) is 19.4. The number of ether oxygens (including phenoxy) is 2. The van der Waals surface area contributed by atoms with Crippen LogP contribution in [0.25, 0.3) is 10.9 Å². The Bertz CT molecular complexity index is 1350. The van der Waals surface area contributed by atoms with Gasteiger partial charge >= 0.3 is 0 Å². The highest BCUT2D eigenvalue weighted by Gasteiger charge is 2.36. The normalized spacial score (nSPS) is 15.4. The molecule has 168 valence electrons. The summed E-state index contributed by atoms with van der Waals surface area (Å²) < 4.78 is 11.2. The zero-order chi connectivity index (χ0) is 23.1. The van der Waals surface area contributed by atoms with Gasteiger partial charge in [0.15, 0.2) is 0 Å². The molecule has 5 nitrogen and oxygen atoms in total. The van der Waals surface area contributed by atoms with Crippen LogP contribution in [-0.2, 0) is 6.42 Å². The van der Waals surface area contributed by atoms with E-state index in [1.807, 2.05) is 66.4 Å². The second-order valence-electron chi connectivity index (χ2n) is 8.62. The number of hydrogen-bond donors (Lipinski definition) is 1. The Morgan fingerprint density at radius 2 is 1.79 bits per heavy atom. The number of carbonyl (C=O) groups is 1. The molecule has 0 saturated carbocycles. The van der Waals surface area contributed by atoms with Gasteiger partial charge in [-0.15, -0.1) is 0 Å². The van der Waals surface area contributed by atoms with Crippen molar-refractivity contribution in [3.8, 4) is 11.5 Å². The maximum absolute atomic E-state index is 13.8. The van der Waals surface area contributed by atoms with Gasteiger partial charge in [-0.05, 0) is 73.4 Å². The van der Waals surface area contributed by atoms with Crippen LogP contribution < -0.4 is 9.47 Å². The van der Waals surface area contributed by atoms with E-state index in [9.17, 15) is 4.79 Å². The van der Waals surface area contributed by atoms with Gasteiger partial charge in [-0.25, -0.2) is 0 Å². The van der Waals surface area contributed by atoms with Gasteiger partial charge < -0.3 is 19.4 Å². The number of amides is 1. The Morgan fingerprint density at radius 3 is 2.55 bits per heavy atom. The first-order valence-corrected chi connectivity index (χ1v) is 11.2. The minimum atomic E-state index is -0.280. The fourth-order valence-corrected chi connectivity index (χ4v) is 4.87. The summed E-state index contributed by atoms with van der Waals surface area (Å²) in [7, 11) is 3.36. The summed E-state index contributed by atoms with van der Waals surface area (Å²) >= 11 is 0. The van der Waals surface area contributed by atoms with Crippen LogP contribution in [0.3, 0.4) is 0 Å². The highest BCUT2D eigenvalue weighted by molar-refractivity contribution is 5.96. The van der Waals surface area contributed by atoms with Gasteiger partial charge in [0.2, 0.25) is 0 Å². The Kier molecular flexibility index (Phi) is 5.33. The summed E-state index contributed by atoms with van der Waals surface area (Å²) in [6, 6.07) is 19.7. The van der Waals surface area contributed by atoms with E-state index in [0.717, 1.165) is 45.6 Å². The molecule has 5 rings (SSSR count). The minimum absolute atomic E-state index is 0.0240. The fraction of sp³-hybridized carbons (Fsp3) is 0.250. The number of benzene rings is 3. The van der Waals surface area contributed by atoms with Gasteiger partial charge in [0.05, 0.1) is 14.2 Å². The summed E-state index contributed by atoms with van der Waals surface area (Å²) in [4.78, 5) is 19.4. The molecular formula is C28H28N2O3. The van der Waals surface area contributed by atoms with E-state index in [2.05, 4.69) is 18.0 Å². The van der Waals surface area contributed by atoms with E-state index in [0.29, 0.717) is 12.1 Å². The lowest BCUT2D eigenvalue weighted by Gasteiger charge is -2.37.